The SMILES string of the molecule is Cn1nc(CC(=O)N2CCC(Oc3cc(F)cc(F)c3)CC2)ccc1=O.Cn1nc(N)ccc1=O.Fc1cc(F)cc(OC2CCNCC2)c1. The van der Waals surface area contributed by atoms with E-state index in [-0.39, 0.29) is 47.2 Å². The number of nitrogens with one attached hydrogen (secondary N) is 1. The minimum atomic E-state index is -0.683. The summed E-state index contributed by atoms with van der Waals surface area (Å²) in [5.41, 5.74) is 5.41. The average molecular weight is 702 g/mol. The standard InChI is InChI=1S/C18H19F2N3O3.C11H13F2NO.C5H7N3O/c1-22-17(24)3-2-14(21-22)11-18(25)23-6-4-15(5-7-23)26-16-9-12(19)8-13(20)10-16;12-8-5-9(13)7-11(6-8)15-10-1-3-14-4-2-10;1-8-5(9)3-2-4(6)7-8/h2-3,8-10,15H,4-7,11H2,1H3;5-7,10,14H,1-4H2;2-3H,1H3,(H2,6,7). The van der Waals surface area contributed by atoms with Crippen molar-refractivity contribution in [1.82, 2.24) is 29.8 Å². The zero-order chi connectivity index (χ0) is 36.2. The van der Waals surface area contributed by atoms with Crippen molar-refractivity contribution in [3.63, 3.8) is 0 Å². The molecule has 0 bridgehead atoms. The number of ether oxygens (including phenoxy) is 2. The number of carbonyl (C=O) groups is 1. The first-order chi connectivity index (χ1) is 23.8. The van der Waals surface area contributed by atoms with Gasteiger partial charge in [0.2, 0.25) is 5.91 Å². The van der Waals surface area contributed by atoms with Crippen LogP contribution in [0.5, 0.6) is 11.5 Å². The summed E-state index contributed by atoms with van der Waals surface area (Å²) in [5, 5.41) is 10.9. The Morgan fingerprint density at radius 2 is 1.20 bits per heavy atom. The van der Waals surface area contributed by atoms with Gasteiger partial charge in [0.15, 0.2) is 0 Å². The summed E-state index contributed by atoms with van der Waals surface area (Å²) in [7, 11) is 3.09. The van der Waals surface area contributed by atoms with Crippen molar-refractivity contribution in [1.29, 1.82) is 0 Å². The zero-order valence-corrected chi connectivity index (χ0v) is 27.7. The molecule has 0 saturated carbocycles. The minimum Gasteiger partial charge on any atom is -0.490 e. The molecule has 2 aliphatic rings. The van der Waals surface area contributed by atoms with E-state index >= 15 is 0 Å². The largest absolute Gasteiger partial charge is 0.490 e. The molecule has 0 atom stereocenters. The highest BCUT2D eigenvalue weighted by Crippen LogP contribution is 2.22. The Morgan fingerprint density at radius 1 is 0.740 bits per heavy atom. The summed E-state index contributed by atoms with van der Waals surface area (Å²) < 4.78 is 65.6. The lowest BCUT2D eigenvalue weighted by atomic mass is 10.1. The Labute approximate surface area is 285 Å². The number of likely N-dealkylation sites (tertiary alicyclic amines) is 1. The van der Waals surface area contributed by atoms with Gasteiger partial charge >= 0.3 is 0 Å². The number of amides is 1. The van der Waals surface area contributed by atoms with Gasteiger partial charge in [0.05, 0.1) is 12.1 Å². The van der Waals surface area contributed by atoms with E-state index in [9.17, 15) is 31.9 Å². The number of piperidine rings is 2. The number of nitrogens with zero attached hydrogens (tertiary/aromatic N) is 5. The van der Waals surface area contributed by atoms with Gasteiger partial charge in [-0.2, -0.15) is 10.2 Å². The molecule has 2 saturated heterocycles. The highest BCUT2D eigenvalue weighted by Gasteiger charge is 2.24. The number of carbonyl (C=O) groups excluding carboxylic acids is 1. The Kier molecular flexibility index (Phi) is 13.5. The van der Waals surface area contributed by atoms with Crippen LogP contribution in [0.2, 0.25) is 0 Å². The van der Waals surface area contributed by atoms with E-state index in [4.69, 9.17) is 15.2 Å². The van der Waals surface area contributed by atoms with Crippen molar-refractivity contribution in [3.05, 3.63) is 110 Å². The summed E-state index contributed by atoms with van der Waals surface area (Å²) in [6, 6.07) is 12.1. The summed E-state index contributed by atoms with van der Waals surface area (Å²) >= 11 is 0. The van der Waals surface area contributed by atoms with E-state index in [0.717, 1.165) is 50.2 Å². The van der Waals surface area contributed by atoms with Gasteiger partial charge < -0.3 is 25.4 Å². The first kappa shape index (κ1) is 37.6. The second kappa shape index (κ2) is 17.9. The molecule has 12 nitrogen and oxygen atoms in total. The lowest BCUT2D eigenvalue weighted by Crippen LogP contribution is -2.42. The molecule has 4 heterocycles. The number of benzene rings is 2. The first-order valence-corrected chi connectivity index (χ1v) is 15.9. The Hall–Kier alpha value is -5.25. The summed E-state index contributed by atoms with van der Waals surface area (Å²) in [4.78, 5) is 36.0. The van der Waals surface area contributed by atoms with E-state index in [1.165, 1.54) is 46.7 Å². The summed E-state index contributed by atoms with van der Waals surface area (Å²) in [6.45, 7) is 2.77. The molecule has 2 aromatic heterocycles. The van der Waals surface area contributed by atoms with Crippen LogP contribution in [0.25, 0.3) is 0 Å². The van der Waals surface area contributed by atoms with Gasteiger partial charge in [-0.05, 0) is 38.1 Å². The van der Waals surface area contributed by atoms with E-state index in [1.807, 2.05) is 0 Å². The predicted molar refractivity (Wildman–Crippen MR) is 177 cm³/mol. The lowest BCUT2D eigenvalue weighted by molar-refractivity contribution is -0.132. The molecule has 4 aromatic rings. The molecule has 3 N–H and O–H groups in total. The number of aryl methyl sites for hydroxylation is 2. The van der Waals surface area contributed by atoms with Gasteiger partial charge in [0.1, 0.15) is 52.8 Å². The molecule has 0 unspecified atom stereocenters. The zero-order valence-electron chi connectivity index (χ0n) is 27.7. The van der Waals surface area contributed by atoms with Crippen molar-refractivity contribution in [2.45, 2.75) is 44.3 Å². The lowest BCUT2D eigenvalue weighted by Gasteiger charge is -2.32. The topological polar surface area (TPSA) is 147 Å². The molecule has 0 aliphatic carbocycles. The van der Waals surface area contributed by atoms with Crippen molar-refractivity contribution >= 4 is 11.7 Å². The van der Waals surface area contributed by atoms with Gasteiger partial charge in [0.25, 0.3) is 11.1 Å². The summed E-state index contributed by atoms with van der Waals surface area (Å²) in [5.74, 6) is -1.85. The fourth-order valence-electron chi connectivity index (χ4n) is 5.15. The number of nitrogen functional groups attached to an aromatic ring is 1. The number of aromatic nitrogens is 4. The highest BCUT2D eigenvalue weighted by atomic mass is 19.1. The Balaban J connectivity index is 0.000000195. The quantitative estimate of drug-likeness (QED) is 0.290. The smallest absolute Gasteiger partial charge is 0.266 e. The number of hydrogen-bond donors (Lipinski definition) is 2. The number of halogens is 4. The molecule has 2 aliphatic heterocycles. The predicted octanol–water partition coefficient (Wildman–Crippen LogP) is 3.13. The van der Waals surface area contributed by atoms with Crippen LogP contribution in [0.4, 0.5) is 23.4 Å². The van der Waals surface area contributed by atoms with Gasteiger partial charge in [0, 0.05) is 88.6 Å². The molecule has 0 radical (unpaired) electrons. The maximum Gasteiger partial charge on any atom is 0.266 e. The monoisotopic (exact) mass is 701 g/mol. The van der Waals surface area contributed by atoms with Crippen molar-refractivity contribution in [2.75, 3.05) is 31.9 Å². The second-order valence-electron chi connectivity index (χ2n) is 11.7. The van der Waals surface area contributed by atoms with Crippen molar-refractivity contribution in [3.8, 4) is 11.5 Å². The third kappa shape index (κ3) is 12.0. The first-order valence-electron chi connectivity index (χ1n) is 15.9. The normalized spacial score (nSPS) is 14.9. The number of anilines is 1. The van der Waals surface area contributed by atoms with Crippen LogP contribution < -0.4 is 31.6 Å². The molecular weight excluding hydrogens is 662 g/mol. The van der Waals surface area contributed by atoms with Gasteiger partial charge in [-0.25, -0.2) is 26.9 Å². The second-order valence-corrected chi connectivity index (χ2v) is 11.7. The molecule has 50 heavy (non-hydrogen) atoms. The van der Waals surface area contributed by atoms with Crippen LogP contribution in [-0.4, -0.2) is 68.8 Å². The Morgan fingerprint density at radius 3 is 1.66 bits per heavy atom. The average Bonchev–Trinajstić information content (AvgIpc) is 3.05. The maximum atomic E-state index is 13.2. The van der Waals surface area contributed by atoms with E-state index < -0.39 is 23.3 Å². The van der Waals surface area contributed by atoms with Crippen LogP contribution in [-0.2, 0) is 25.3 Å². The molecule has 2 fully saturated rings. The molecule has 268 valence electrons. The van der Waals surface area contributed by atoms with Crippen LogP contribution in [0.15, 0.2) is 70.3 Å². The number of hydrogen-bond acceptors (Lipinski definition) is 9. The van der Waals surface area contributed by atoms with E-state index in [2.05, 4.69) is 15.5 Å². The highest BCUT2D eigenvalue weighted by molar-refractivity contribution is 5.78. The number of rotatable bonds is 6. The molecular formula is C34H39F4N7O5. The molecule has 6 rings (SSSR count). The molecule has 16 heteroatoms. The fourth-order valence-corrected chi connectivity index (χ4v) is 5.15. The molecule has 2 aromatic carbocycles. The van der Waals surface area contributed by atoms with E-state index in [0.29, 0.717) is 37.4 Å². The molecule has 0 spiro atoms. The van der Waals surface area contributed by atoms with Crippen LogP contribution in [0.1, 0.15) is 31.4 Å². The minimum absolute atomic E-state index is 0.0625. The van der Waals surface area contributed by atoms with Gasteiger partial charge in [-0.15, -0.1) is 0 Å². The fraction of sp³-hybridized carbons (Fsp3) is 0.382. The van der Waals surface area contributed by atoms with Crippen LogP contribution in [0, 0.1) is 23.3 Å². The van der Waals surface area contributed by atoms with Crippen molar-refractivity contribution < 1.29 is 31.8 Å². The maximum absolute atomic E-state index is 13.2. The Bertz CT molecular complexity index is 1820. The van der Waals surface area contributed by atoms with Gasteiger partial charge in [-0.3, -0.25) is 14.4 Å². The third-order valence-corrected chi connectivity index (χ3v) is 7.69. The summed E-state index contributed by atoms with van der Waals surface area (Å²) in [6.07, 6.45) is 2.88. The van der Waals surface area contributed by atoms with Gasteiger partial charge in [-0.1, -0.05) is 0 Å². The van der Waals surface area contributed by atoms with Crippen LogP contribution in [0.3, 0.4) is 0 Å². The molecule has 1 amide bonds. The van der Waals surface area contributed by atoms with Crippen LogP contribution >= 0.6 is 0 Å². The van der Waals surface area contributed by atoms with Crippen molar-refractivity contribution in [2.24, 2.45) is 14.1 Å². The van der Waals surface area contributed by atoms with E-state index in [1.54, 1.807) is 18.0 Å². The number of nitrogens with two attached hydrogens (primary N) is 1. The third-order valence-electron chi connectivity index (χ3n) is 7.69.